The Morgan fingerprint density at radius 2 is 2.07 bits per heavy atom. The summed E-state index contributed by atoms with van der Waals surface area (Å²) in [6.07, 6.45) is 0. The van der Waals surface area contributed by atoms with Crippen molar-refractivity contribution in [2.24, 2.45) is 0 Å². The molecule has 0 saturated carbocycles. The lowest BCUT2D eigenvalue weighted by atomic mass is 10.1. The number of fused-ring (bicyclic) bond motifs is 1. The number of halogens is 1. The van der Waals surface area contributed by atoms with E-state index in [1.807, 2.05) is 18.2 Å². The van der Waals surface area contributed by atoms with Crippen LogP contribution in [-0.2, 0) is 9.59 Å². The normalized spacial score (nSPS) is 18.0. The van der Waals surface area contributed by atoms with E-state index in [2.05, 4.69) is 15.6 Å². The number of nitrogens with zero attached hydrogens (tertiary/aromatic N) is 1. The van der Waals surface area contributed by atoms with Gasteiger partial charge in [0, 0.05) is 15.8 Å². The van der Waals surface area contributed by atoms with Gasteiger partial charge in [-0.2, -0.15) is 0 Å². The van der Waals surface area contributed by atoms with E-state index in [-0.39, 0.29) is 0 Å². The van der Waals surface area contributed by atoms with Crippen LogP contribution in [0.1, 0.15) is 6.92 Å². The molecule has 2 N–H and O–H groups in total. The van der Waals surface area contributed by atoms with Gasteiger partial charge in [0.05, 0.1) is 18.5 Å². The zero-order valence-corrected chi connectivity index (χ0v) is 17.1. The van der Waals surface area contributed by atoms with Crippen LogP contribution in [0.3, 0.4) is 0 Å². The van der Waals surface area contributed by atoms with Gasteiger partial charge < -0.3 is 15.4 Å². The Morgan fingerprint density at radius 3 is 2.86 bits per heavy atom. The van der Waals surface area contributed by atoms with Crippen molar-refractivity contribution in [3.63, 3.8) is 0 Å². The van der Waals surface area contributed by atoms with E-state index >= 15 is 0 Å². The topological polar surface area (TPSA) is 80.3 Å². The molecule has 2 amide bonds. The van der Waals surface area contributed by atoms with Gasteiger partial charge in [-0.1, -0.05) is 23.9 Å². The lowest BCUT2D eigenvalue weighted by molar-refractivity contribution is -0.126. The molecule has 3 aromatic rings. The Balaban J connectivity index is 1.57. The third kappa shape index (κ3) is 3.58. The van der Waals surface area contributed by atoms with E-state index in [0.29, 0.717) is 27.8 Å². The highest BCUT2D eigenvalue weighted by molar-refractivity contribution is 8.02. The second kappa shape index (κ2) is 7.49. The number of thiazole rings is 1. The summed E-state index contributed by atoms with van der Waals surface area (Å²) in [4.78, 5) is 30.7. The molecule has 0 bridgehead atoms. The number of aromatic nitrogens is 1. The van der Waals surface area contributed by atoms with Crippen molar-refractivity contribution in [3.8, 4) is 17.0 Å². The van der Waals surface area contributed by atoms with Crippen molar-refractivity contribution in [2.75, 3.05) is 17.7 Å². The van der Waals surface area contributed by atoms with Gasteiger partial charge in [-0.05, 0) is 37.3 Å². The molecule has 1 atom stereocenters. The van der Waals surface area contributed by atoms with Crippen LogP contribution < -0.4 is 15.4 Å². The number of rotatable bonds is 4. The molecule has 1 aromatic heterocycles. The van der Waals surface area contributed by atoms with Crippen LogP contribution in [0.5, 0.6) is 5.75 Å². The zero-order valence-electron chi connectivity index (χ0n) is 15.5. The van der Waals surface area contributed by atoms with Gasteiger partial charge in [-0.25, -0.2) is 9.37 Å². The van der Waals surface area contributed by atoms with Gasteiger partial charge in [0.1, 0.15) is 11.6 Å². The number of amides is 2. The molecule has 6 nitrogen and oxygen atoms in total. The first-order chi connectivity index (χ1) is 13.9. The van der Waals surface area contributed by atoms with Crippen molar-refractivity contribution in [1.29, 1.82) is 0 Å². The van der Waals surface area contributed by atoms with E-state index in [0.717, 1.165) is 4.90 Å². The van der Waals surface area contributed by atoms with Crippen molar-refractivity contribution in [1.82, 2.24) is 4.98 Å². The SMILES string of the molecule is COc1ccc(F)cc1-c1csc(NC(=O)C2(C)Sc3ccccc3NC2=O)n1. The molecule has 0 aliphatic carbocycles. The maximum absolute atomic E-state index is 13.6. The summed E-state index contributed by atoms with van der Waals surface area (Å²) in [5.74, 6) is -0.829. The number of carbonyl (C=O) groups excluding carboxylic acids is 2. The van der Waals surface area contributed by atoms with Crippen LogP contribution in [-0.4, -0.2) is 28.7 Å². The Hall–Kier alpha value is -2.91. The van der Waals surface area contributed by atoms with Gasteiger partial charge in [-0.15, -0.1) is 11.3 Å². The van der Waals surface area contributed by atoms with Crippen LogP contribution in [0.2, 0.25) is 0 Å². The molecule has 2 aromatic carbocycles. The zero-order chi connectivity index (χ0) is 20.6. The summed E-state index contributed by atoms with van der Waals surface area (Å²) in [5, 5.41) is 7.48. The van der Waals surface area contributed by atoms with Crippen LogP contribution in [0.15, 0.2) is 52.7 Å². The molecule has 1 aliphatic rings. The van der Waals surface area contributed by atoms with Crippen molar-refractivity contribution < 1.29 is 18.7 Å². The highest BCUT2D eigenvalue weighted by atomic mass is 32.2. The summed E-state index contributed by atoms with van der Waals surface area (Å²) in [6, 6.07) is 11.4. The highest BCUT2D eigenvalue weighted by Gasteiger charge is 2.46. The molecule has 1 aliphatic heterocycles. The van der Waals surface area contributed by atoms with Crippen LogP contribution in [0, 0.1) is 5.82 Å². The Bertz CT molecular complexity index is 1120. The maximum Gasteiger partial charge on any atom is 0.252 e. The Kier molecular flexibility index (Phi) is 5.01. The molecular weight excluding hydrogens is 413 g/mol. The molecule has 1 unspecified atom stereocenters. The maximum atomic E-state index is 13.6. The molecular formula is C20H16FN3O3S2. The fourth-order valence-corrected chi connectivity index (χ4v) is 4.68. The third-order valence-corrected chi connectivity index (χ3v) is 6.59. The smallest absolute Gasteiger partial charge is 0.252 e. The average molecular weight is 429 g/mol. The number of ether oxygens (including phenoxy) is 1. The quantitative estimate of drug-likeness (QED) is 0.601. The minimum atomic E-state index is -1.35. The van der Waals surface area contributed by atoms with E-state index < -0.39 is 22.4 Å². The summed E-state index contributed by atoms with van der Waals surface area (Å²) >= 11 is 2.37. The van der Waals surface area contributed by atoms with Crippen LogP contribution in [0.4, 0.5) is 15.2 Å². The number of nitrogens with one attached hydrogen (secondary N) is 2. The number of anilines is 2. The second-order valence-corrected chi connectivity index (χ2v) is 8.74. The minimum absolute atomic E-state index is 0.310. The summed E-state index contributed by atoms with van der Waals surface area (Å²) in [7, 11) is 1.49. The highest BCUT2D eigenvalue weighted by Crippen LogP contribution is 2.43. The van der Waals surface area contributed by atoms with E-state index in [1.54, 1.807) is 18.4 Å². The number of hydrogen-bond donors (Lipinski definition) is 2. The largest absolute Gasteiger partial charge is 0.496 e. The monoisotopic (exact) mass is 429 g/mol. The third-order valence-electron chi connectivity index (χ3n) is 4.48. The van der Waals surface area contributed by atoms with Crippen LogP contribution >= 0.6 is 23.1 Å². The first-order valence-electron chi connectivity index (χ1n) is 8.61. The van der Waals surface area contributed by atoms with Crippen molar-refractivity contribution >= 4 is 45.7 Å². The van der Waals surface area contributed by atoms with E-state index in [1.165, 1.54) is 48.4 Å². The lowest BCUT2D eigenvalue weighted by Gasteiger charge is -2.31. The van der Waals surface area contributed by atoms with E-state index in [4.69, 9.17) is 4.74 Å². The molecule has 0 spiro atoms. The Morgan fingerprint density at radius 1 is 1.28 bits per heavy atom. The van der Waals surface area contributed by atoms with Gasteiger partial charge in [0.15, 0.2) is 9.88 Å². The van der Waals surface area contributed by atoms with Gasteiger partial charge in [-0.3, -0.25) is 9.59 Å². The van der Waals surface area contributed by atoms with Gasteiger partial charge in [0.2, 0.25) is 5.91 Å². The van der Waals surface area contributed by atoms with Gasteiger partial charge in [0.25, 0.3) is 5.91 Å². The van der Waals surface area contributed by atoms with Crippen LogP contribution in [0.25, 0.3) is 11.3 Å². The lowest BCUT2D eigenvalue weighted by Crippen LogP contribution is -2.49. The van der Waals surface area contributed by atoms with Crippen molar-refractivity contribution in [3.05, 3.63) is 53.7 Å². The fourth-order valence-electron chi connectivity index (χ4n) is 2.87. The molecule has 2 heterocycles. The average Bonchev–Trinajstić information content (AvgIpc) is 3.17. The molecule has 29 heavy (non-hydrogen) atoms. The molecule has 0 fully saturated rings. The summed E-state index contributed by atoms with van der Waals surface area (Å²) < 4.78 is 17.6. The predicted molar refractivity (Wildman–Crippen MR) is 112 cm³/mol. The second-order valence-electron chi connectivity index (χ2n) is 6.42. The first kappa shape index (κ1) is 19.4. The summed E-state index contributed by atoms with van der Waals surface area (Å²) in [5.41, 5.74) is 1.63. The molecule has 4 rings (SSSR count). The number of carbonyl (C=O) groups is 2. The number of para-hydroxylation sites is 1. The molecule has 9 heteroatoms. The molecule has 0 radical (unpaired) electrons. The minimum Gasteiger partial charge on any atom is -0.496 e. The standard InChI is InChI=1S/C20H16FN3O3S2/c1-20(17(25)22-13-5-3-4-6-16(13)29-20)18(26)24-19-23-14(10-28-19)12-9-11(21)7-8-15(12)27-2/h3-10H,1-2H3,(H,22,25)(H,23,24,26). The fraction of sp³-hybridized carbons (Fsp3) is 0.150. The van der Waals surface area contributed by atoms with Crippen molar-refractivity contribution in [2.45, 2.75) is 16.6 Å². The number of hydrogen-bond acceptors (Lipinski definition) is 6. The predicted octanol–water partition coefficient (Wildman–Crippen LogP) is 4.40. The van der Waals surface area contributed by atoms with Gasteiger partial charge >= 0.3 is 0 Å². The molecule has 148 valence electrons. The number of benzene rings is 2. The summed E-state index contributed by atoms with van der Waals surface area (Å²) in [6.45, 7) is 1.57. The Labute approximate surface area is 174 Å². The van der Waals surface area contributed by atoms with E-state index in [9.17, 15) is 14.0 Å². The first-order valence-corrected chi connectivity index (χ1v) is 10.3. The number of methoxy groups -OCH3 is 1. The number of thioether (sulfide) groups is 1. The molecule has 0 saturated heterocycles.